The molecular weight excluding hydrogens is 341 g/mol. The summed E-state index contributed by atoms with van der Waals surface area (Å²) in [6.07, 6.45) is 0. The molecule has 0 amide bonds. The Labute approximate surface area is 127 Å². The predicted octanol–water partition coefficient (Wildman–Crippen LogP) is 4.88. The molecule has 0 saturated carbocycles. The van der Waals surface area contributed by atoms with Crippen molar-refractivity contribution < 1.29 is 0 Å². The van der Waals surface area contributed by atoms with E-state index in [1.165, 1.54) is 12.1 Å². The monoisotopic (exact) mass is 342 g/mol. The van der Waals surface area contributed by atoms with Gasteiger partial charge >= 0.3 is 0 Å². The summed E-state index contributed by atoms with van der Waals surface area (Å²) in [4.78, 5) is 11.3. The number of rotatable bonds is 2. The number of hydrogen-bond donors (Lipinski definition) is 1. The van der Waals surface area contributed by atoms with Crippen molar-refractivity contribution in [2.45, 2.75) is 0 Å². The lowest BCUT2D eigenvalue weighted by molar-refractivity contribution is 1.05. The Morgan fingerprint density at radius 3 is 1.78 bits per heavy atom. The summed E-state index contributed by atoms with van der Waals surface area (Å²) in [5, 5.41) is 3.77. The molecule has 1 N–H and O–H groups in total. The second-order valence-electron chi connectivity index (χ2n) is 3.07. The lowest BCUT2D eigenvalue weighted by atomic mass is 10.3. The third-order valence-electron chi connectivity index (χ3n) is 1.82. The van der Waals surface area contributed by atoms with Gasteiger partial charge in [-0.2, -0.15) is 15.0 Å². The number of benzene rings is 1. The second-order valence-corrected chi connectivity index (χ2v) is 4.99. The average Bonchev–Trinajstić information content (AvgIpc) is 2.22. The van der Waals surface area contributed by atoms with Crippen LogP contribution in [0.5, 0.6) is 0 Å². The van der Waals surface area contributed by atoms with Gasteiger partial charge in [0, 0.05) is 5.02 Å². The molecule has 0 aliphatic rings. The highest BCUT2D eigenvalue weighted by Crippen LogP contribution is 2.35. The number of anilines is 2. The van der Waals surface area contributed by atoms with Crippen LogP contribution in [0.15, 0.2) is 12.1 Å². The van der Waals surface area contributed by atoms with Gasteiger partial charge in [0.2, 0.25) is 16.5 Å². The van der Waals surface area contributed by atoms with E-state index in [-0.39, 0.29) is 16.5 Å². The van der Waals surface area contributed by atoms with Gasteiger partial charge in [0.25, 0.3) is 0 Å². The first-order chi connectivity index (χ1) is 8.45. The highest BCUT2D eigenvalue weighted by molar-refractivity contribution is 6.41. The van der Waals surface area contributed by atoms with E-state index in [1.54, 1.807) is 0 Å². The molecule has 0 fully saturated rings. The summed E-state index contributed by atoms with van der Waals surface area (Å²) < 4.78 is 0. The fraction of sp³-hybridized carbons (Fsp3) is 0. The first kappa shape index (κ1) is 13.9. The summed E-state index contributed by atoms with van der Waals surface area (Å²) in [5.41, 5.74) is 0.404. The van der Waals surface area contributed by atoms with Crippen LogP contribution in [0.1, 0.15) is 0 Å². The largest absolute Gasteiger partial charge is 0.321 e. The van der Waals surface area contributed by atoms with Gasteiger partial charge in [-0.15, -0.1) is 0 Å². The molecule has 9 heteroatoms. The van der Waals surface area contributed by atoms with Crippen LogP contribution in [0.4, 0.5) is 11.6 Å². The molecule has 0 aliphatic heterocycles. The van der Waals surface area contributed by atoms with Gasteiger partial charge in [0.1, 0.15) is 0 Å². The maximum Gasteiger partial charge on any atom is 0.232 e. The molecule has 0 radical (unpaired) electrons. The summed E-state index contributed by atoms with van der Waals surface area (Å²) in [6, 6.07) is 3.06. The lowest BCUT2D eigenvalue weighted by Crippen LogP contribution is -2.00. The van der Waals surface area contributed by atoms with Crippen LogP contribution in [0.2, 0.25) is 25.6 Å². The molecule has 18 heavy (non-hydrogen) atoms. The van der Waals surface area contributed by atoms with E-state index in [1.807, 2.05) is 0 Å². The highest BCUT2D eigenvalue weighted by atomic mass is 35.5. The van der Waals surface area contributed by atoms with Crippen LogP contribution in [-0.2, 0) is 0 Å². The van der Waals surface area contributed by atoms with Crippen molar-refractivity contribution in [3.05, 3.63) is 37.8 Å². The van der Waals surface area contributed by atoms with E-state index < -0.39 is 0 Å². The Morgan fingerprint density at radius 1 is 0.778 bits per heavy atom. The molecule has 0 unspecified atom stereocenters. The number of aromatic nitrogens is 3. The minimum absolute atomic E-state index is 0.0429. The third kappa shape index (κ3) is 3.28. The van der Waals surface area contributed by atoms with Crippen molar-refractivity contribution >= 4 is 69.6 Å². The summed E-state index contributed by atoms with van der Waals surface area (Å²) in [5.74, 6) is 0.131. The Bertz CT molecular complexity index is 560. The average molecular weight is 344 g/mol. The molecule has 4 nitrogen and oxygen atoms in total. The van der Waals surface area contributed by atoms with Gasteiger partial charge in [0.15, 0.2) is 0 Å². The summed E-state index contributed by atoms with van der Waals surface area (Å²) in [6.45, 7) is 0. The van der Waals surface area contributed by atoms with E-state index in [0.717, 1.165) is 0 Å². The van der Waals surface area contributed by atoms with Crippen molar-refractivity contribution in [1.82, 2.24) is 15.0 Å². The van der Waals surface area contributed by atoms with Crippen molar-refractivity contribution in [2.75, 3.05) is 5.32 Å². The summed E-state index contributed by atoms with van der Waals surface area (Å²) in [7, 11) is 0. The van der Waals surface area contributed by atoms with Crippen molar-refractivity contribution in [2.24, 2.45) is 0 Å². The molecule has 0 spiro atoms. The van der Waals surface area contributed by atoms with Gasteiger partial charge in [0.05, 0.1) is 15.7 Å². The topological polar surface area (TPSA) is 50.7 Å². The molecule has 1 aromatic carbocycles. The number of halogens is 5. The molecule has 1 aromatic heterocycles. The zero-order chi connectivity index (χ0) is 13.3. The Morgan fingerprint density at radius 2 is 1.28 bits per heavy atom. The lowest BCUT2D eigenvalue weighted by Gasteiger charge is -2.09. The zero-order valence-corrected chi connectivity index (χ0v) is 12.2. The molecule has 0 bridgehead atoms. The fourth-order valence-corrected chi connectivity index (χ4v) is 2.43. The van der Waals surface area contributed by atoms with Crippen LogP contribution in [0, 0.1) is 0 Å². The van der Waals surface area contributed by atoms with Crippen molar-refractivity contribution in [3.63, 3.8) is 0 Å². The van der Waals surface area contributed by atoms with Crippen LogP contribution < -0.4 is 5.32 Å². The zero-order valence-electron chi connectivity index (χ0n) is 8.39. The maximum absolute atomic E-state index is 6.00. The SMILES string of the molecule is Clc1cc(Cl)c(Nc2nc(Cl)nc(Cl)n2)c(Cl)c1. The van der Waals surface area contributed by atoms with Gasteiger partial charge in [-0.05, 0) is 35.3 Å². The van der Waals surface area contributed by atoms with Crippen LogP contribution in [-0.4, -0.2) is 15.0 Å². The number of nitrogens with one attached hydrogen (secondary N) is 1. The Kier molecular flexibility index (Phi) is 4.35. The van der Waals surface area contributed by atoms with Gasteiger partial charge < -0.3 is 5.32 Å². The number of hydrogen-bond acceptors (Lipinski definition) is 4. The summed E-state index contributed by atoms with van der Waals surface area (Å²) >= 11 is 29.1. The van der Waals surface area contributed by atoms with Crippen LogP contribution in [0.3, 0.4) is 0 Å². The predicted molar refractivity (Wildman–Crippen MR) is 74.6 cm³/mol. The van der Waals surface area contributed by atoms with Crippen molar-refractivity contribution in [1.29, 1.82) is 0 Å². The van der Waals surface area contributed by atoms with Crippen molar-refractivity contribution in [3.8, 4) is 0 Å². The molecule has 0 saturated heterocycles. The van der Waals surface area contributed by atoms with E-state index in [9.17, 15) is 0 Å². The van der Waals surface area contributed by atoms with Crippen LogP contribution in [0.25, 0.3) is 0 Å². The molecule has 2 aromatic rings. The number of nitrogens with zero attached hydrogens (tertiary/aromatic N) is 3. The molecule has 2 rings (SSSR count). The highest BCUT2D eigenvalue weighted by Gasteiger charge is 2.11. The van der Waals surface area contributed by atoms with Crippen LogP contribution >= 0.6 is 58.0 Å². The molecular formula is C9H3Cl5N4. The minimum Gasteiger partial charge on any atom is -0.321 e. The normalized spacial score (nSPS) is 10.5. The minimum atomic E-state index is -0.0429. The first-order valence-electron chi connectivity index (χ1n) is 4.44. The van der Waals surface area contributed by atoms with Gasteiger partial charge in [-0.25, -0.2) is 0 Å². The van der Waals surface area contributed by atoms with Gasteiger partial charge in [-0.3, -0.25) is 0 Å². The quantitative estimate of drug-likeness (QED) is 0.843. The standard InChI is InChI=1S/C9H3Cl5N4/c10-3-1-4(11)6(5(12)2-3)15-9-17-7(13)16-8(14)18-9/h1-2H,(H,15,16,17,18). The third-order valence-corrected chi connectivity index (χ3v) is 2.98. The first-order valence-corrected chi connectivity index (χ1v) is 6.33. The Balaban J connectivity index is 2.40. The van der Waals surface area contributed by atoms with E-state index in [2.05, 4.69) is 20.3 Å². The van der Waals surface area contributed by atoms with E-state index >= 15 is 0 Å². The molecule has 1 heterocycles. The van der Waals surface area contributed by atoms with E-state index in [0.29, 0.717) is 20.8 Å². The second kappa shape index (κ2) is 5.63. The molecule has 0 atom stereocenters. The molecule has 0 aliphatic carbocycles. The smallest absolute Gasteiger partial charge is 0.232 e. The maximum atomic E-state index is 6.00. The van der Waals surface area contributed by atoms with Gasteiger partial charge in [-0.1, -0.05) is 34.8 Å². The van der Waals surface area contributed by atoms with E-state index in [4.69, 9.17) is 58.0 Å². The molecule has 94 valence electrons. The fourth-order valence-electron chi connectivity index (χ4n) is 1.16. The Hall–Kier alpha value is -0.520.